The van der Waals surface area contributed by atoms with Crippen LogP contribution in [0.5, 0.6) is 0 Å². The molecule has 0 aliphatic heterocycles. The van der Waals surface area contributed by atoms with E-state index in [1.165, 1.54) is 218 Å². The van der Waals surface area contributed by atoms with Gasteiger partial charge in [-0.3, -0.25) is 14.4 Å². The highest BCUT2D eigenvalue weighted by Crippen LogP contribution is 2.17. The first-order chi connectivity index (χ1) is 37.0. The molecule has 75 heavy (non-hydrogen) atoms. The molecular formula is C69H124O6. The average molecular weight is 1050 g/mol. The van der Waals surface area contributed by atoms with E-state index in [0.717, 1.165) is 83.5 Å². The standard InChI is InChI=1S/C69H124O6/c1-4-7-10-13-16-19-22-25-28-31-33-34-36-38-41-44-47-50-53-56-59-62-68(71)74-65-66(64-73-67(70)61-58-55-52-49-46-43-40-37-30-27-24-21-18-15-12-9-6-3)75-69(72)63-60-57-54-51-48-45-42-39-35-32-29-26-23-20-17-14-11-8-5-2/h17,20,25-26,28-29,35,39,45,48,66H,4-16,18-19,21-24,27,30-34,36-38,40-44,46-47,49-65H2,1-3H3/b20-17-,28-25-,29-26-,39-35-,48-45-/t66-/m0/s1. The second kappa shape index (κ2) is 63.6. The molecule has 6 heteroatoms. The maximum absolute atomic E-state index is 12.9. The predicted molar refractivity (Wildman–Crippen MR) is 325 cm³/mol. The molecule has 0 saturated heterocycles. The van der Waals surface area contributed by atoms with Crippen molar-refractivity contribution in [2.24, 2.45) is 0 Å². The third kappa shape index (κ3) is 61.8. The Balaban J connectivity index is 4.39. The first-order valence-electron chi connectivity index (χ1n) is 32.8. The number of allylic oxidation sites excluding steroid dienone is 10. The number of carbonyl (C=O) groups excluding carboxylic acids is 3. The summed E-state index contributed by atoms with van der Waals surface area (Å²) in [6.45, 7) is 6.64. The van der Waals surface area contributed by atoms with E-state index in [1.807, 2.05) is 0 Å². The summed E-state index contributed by atoms with van der Waals surface area (Å²) in [5.74, 6) is -0.895. The van der Waals surface area contributed by atoms with Crippen LogP contribution < -0.4 is 0 Å². The molecule has 0 rings (SSSR count). The minimum atomic E-state index is -0.791. The van der Waals surface area contributed by atoms with Crippen LogP contribution in [0.4, 0.5) is 0 Å². The van der Waals surface area contributed by atoms with Gasteiger partial charge in [-0.25, -0.2) is 0 Å². The molecule has 0 unspecified atom stereocenters. The topological polar surface area (TPSA) is 78.9 Å². The highest BCUT2D eigenvalue weighted by molar-refractivity contribution is 5.71. The number of carbonyl (C=O) groups is 3. The van der Waals surface area contributed by atoms with Gasteiger partial charge in [-0.2, -0.15) is 0 Å². The molecule has 0 aromatic carbocycles. The highest BCUT2D eigenvalue weighted by atomic mass is 16.6. The lowest BCUT2D eigenvalue weighted by Gasteiger charge is -2.18. The minimum absolute atomic E-state index is 0.0838. The molecule has 436 valence electrons. The third-order valence-electron chi connectivity index (χ3n) is 14.5. The van der Waals surface area contributed by atoms with Gasteiger partial charge in [0.1, 0.15) is 13.2 Å². The zero-order chi connectivity index (χ0) is 54.3. The molecular weight excluding hydrogens is 925 g/mol. The molecule has 0 aromatic rings. The Hall–Kier alpha value is -2.89. The Morgan fingerprint density at radius 3 is 0.800 bits per heavy atom. The normalized spacial score (nSPS) is 12.4. The molecule has 1 atom stereocenters. The van der Waals surface area contributed by atoms with E-state index in [-0.39, 0.29) is 31.1 Å². The lowest BCUT2D eigenvalue weighted by molar-refractivity contribution is -0.167. The molecule has 0 N–H and O–H groups in total. The van der Waals surface area contributed by atoms with Crippen LogP contribution in [0.2, 0.25) is 0 Å². The van der Waals surface area contributed by atoms with Gasteiger partial charge in [-0.05, 0) is 89.9 Å². The van der Waals surface area contributed by atoms with Crippen molar-refractivity contribution in [3.8, 4) is 0 Å². The fraction of sp³-hybridized carbons (Fsp3) is 0.812. The number of rotatable bonds is 60. The van der Waals surface area contributed by atoms with Gasteiger partial charge in [-0.15, -0.1) is 0 Å². The van der Waals surface area contributed by atoms with Gasteiger partial charge in [0.25, 0.3) is 0 Å². The largest absolute Gasteiger partial charge is 0.462 e. The van der Waals surface area contributed by atoms with Crippen molar-refractivity contribution in [1.29, 1.82) is 0 Å². The molecule has 6 nitrogen and oxygen atoms in total. The van der Waals surface area contributed by atoms with Gasteiger partial charge < -0.3 is 14.2 Å². The van der Waals surface area contributed by atoms with Crippen molar-refractivity contribution in [1.82, 2.24) is 0 Å². The maximum atomic E-state index is 12.9. The van der Waals surface area contributed by atoms with Crippen LogP contribution in [0.15, 0.2) is 60.8 Å². The summed E-state index contributed by atoms with van der Waals surface area (Å²) >= 11 is 0. The molecule has 0 heterocycles. The molecule has 0 aliphatic rings. The number of hydrogen-bond acceptors (Lipinski definition) is 6. The van der Waals surface area contributed by atoms with Gasteiger partial charge in [0.2, 0.25) is 0 Å². The maximum Gasteiger partial charge on any atom is 0.306 e. The Bertz CT molecular complexity index is 1340. The quantitative estimate of drug-likeness (QED) is 0.0261. The third-order valence-corrected chi connectivity index (χ3v) is 14.5. The average Bonchev–Trinajstić information content (AvgIpc) is 3.41. The van der Waals surface area contributed by atoms with Crippen LogP contribution in [0.25, 0.3) is 0 Å². The smallest absolute Gasteiger partial charge is 0.306 e. The minimum Gasteiger partial charge on any atom is -0.462 e. The number of unbranched alkanes of at least 4 members (excludes halogenated alkanes) is 39. The SMILES string of the molecule is CCCCC/C=C\C/C=C\C/C=C\C/C=C\CCCCCC(=O)O[C@H](COC(=O)CCCCCCCCCCCCC/C=C\CCCCCCCC)COC(=O)CCCCCCCCCCCCCCCCCCC. The summed E-state index contributed by atoms with van der Waals surface area (Å²) in [7, 11) is 0. The molecule has 0 aromatic heterocycles. The van der Waals surface area contributed by atoms with Gasteiger partial charge >= 0.3 is 17.9 Å². The van der Waals surface area contributed by atoms with E-state index in [2.05, 4.69) is 81.5 Å². The summed E-state index contributed by atoms with van der Waals surface area (Å²) in [5.41, 5.74) is 0. The molecule has 0 aliphatic carbocycles. The molecule has 0 bridgehead atoms. The molecule has 0 fully saturated rings. The first-order valence-corrected chi connectivity index (χ1v) is 32.8. The van der Waals surface area contributed by atoms with Crippen molar-refractivity contribution in [2.75, 3.05) is 13.2 Å². The Morgan fingerprint density at radius 1 is 0.267 bits per heavy atom. The van der Waals surface area contributed by atoms with Crippen LogP contribution in [0.1, 0.15) is 342 Å². The Morgan fingerprint density at radius 2 is 0.480 bits per heavy atom. The van der Waals surface area contributed by atoms with Crippen LogP contribution in [-0.2, 0) is 28.6 Å². The molecule has 0 radical (unpaired) electrons. The van der Waals surface area contributed by atoms with E-state index in [4.69, 9.17) is 14.2 Å². The second-order valence-corrected chi connectivity index (χ2v) is 22.0. The van der Waals surface area contributed by atoms with Crippen molar-refractivity contribution < 1.29 is 28.6 Å². The van der Waals surface area contributed by atoms with Crippen molar-refractivity contribution in [3.05, 3.63) is 60.8 Å². The van der Waals surface area contributed by atoms with Crippen molar-refractivity contribution in [2.45, 2.75) is 348 Å². The van der Waals surface area contributed by atoms with E-state index in [9.17, 15) is 14.4 Å². The molecule has 0 saturated carbocycles. The number of ether oxygens (including phenoxy) is 3. The van der Waals surface area contributed by atoms with E-state index in [0.29, 0.717) is 19.3 Å². The number of esters is 3. The Kier molecular flexibility index (Phi) is 61.2. The van der Waals surface area contributed by atoms with Gasteiger partial charge in [0.15, 0.2) is 6.10 Å². The fourth-order valence-corrected chi connectivity index (χ4v) is 9.54. The van der Waals surface area contributed by atoms with Crippen molar-refractivity contribution >= 4 is 17.9 Å². The summed E-state index contributed by atoms with van der Waals surface area (Å²) in [5, 5.41) is 0. The van der Waals surface area contributed by atoms with Crippen LogP contribution in [0, 0.1) is 0 Å². The van der Waals surface area contributed by atoms with E-state index < -0.39 is 6.10 Å². The van der Waals surface area contributed by atoms with E-state index in [1.54, 1.807) is 0 Å². The van der Waals surface area contributed by atoms with Crippen LogP contribution in [-0.4, -0.2) is 37.2 Å². The second-order valence-electron chi connectivity index (χ2n) is 22.0. The van der Waals surface area contributed by atoms with Crippen molar-refractivity contribution in [3.63, 3.8) is 0 Å². The Labute approximate surface area is 466 Å². The fourth-order valence-electron chi connectivity index (χ4n) is 9.54. The van der Waals surface area contributed by atoms with E-state index >= 15 is 0 Å². The zero-order valence-electron chi connectivity index (χ0n) is 50.1. The summed E-state index contributed by atoms with van der Waals surface area (Å²) < 4.78 is 16.9. The molecule has 0 spiro atoms. The van der Waals surface area contributed by atoms with Crippen LogP contribution in [0.3, 0.4) is 0 Å². The molecule has 0 amide bonds. The summed E-state index contributed by atoms with van der Waals surface area (Å²) in [6, 6.07) is 0. The monoisotopic (exact) mass is 1050 g/mol. The van der Waals surface area contributed by atoms with Gasteiger partial charge in [0.05, 0.1) is 0 Å². The predicted octanol–water partition coefficient (Wildman–Crippen LogP) is 22.3. The first kappa shape index (κ1) is 72.1. The van der Waals surface area contributed by atoms with Crippen LogP contribution >= 0.6 is 0 Å². The summed E-state index contributed by atoms with van der Waals surface area (Å²) in [6.07, 6.45) is 80.8. The van der Waals surface area contributed by atoms with Gasteiger partial charge in [-0.1, -0.05) is 293 Å². The lowest BCUT2D eigenvalue weighted by Crippen LogP contribution is -2.30. The summed E-state index contributed by atoms with van der Waals surface area (Å²) in [4.78, 5) is 38.4. The number of hydrogen-bond donors (Lipinski definition) is 0. The lowest BCUT2D eigenvalue weighted by atomic mass is 10.0. The van der Waals surface area contributed by atoms with Gasteiger partial charge in [0, 0.05) is 19.3 Å². The highest BCUT2D eigenvalue weighted by Gasteiger charge is 2.19. The zero-order valence-corrected chi connectivity index (χ0v) is 50.1.